The molecule has 0 aromatic heterocycles. The summed E-state index contributed by atoms with van der Waals surface area (Å²) in [6.07, 6.45) is 2.37. The van der Waals surface area contributed by atoms with Crippen molar-refractivity contribution in [3.8, 4) is 11.1 Å². The number of nitrogens with zero attached hydrogens (tertiary/aromatic N) is 2. The molecular formula is C61H53BN2S. The Labute approximate surface area is 389 Å². The van der Waals surface area contributed by atoms with E-state index in [1.54, 1.807) is 0 Å². The minimum absolute atomic E-state index is 0.0703. The first kappa shape index (κ1) is 39.2. The summed E-state index contributed by atoms with van der Waals surface area (Å²) < 4.78 is 0. The Morgan fingerprint density at radius 3 is 1.77 bits per heavy atom. The first-order valence-electron chi connectivity index (χ1n) is 23.6. The molecule has 8 aromatic carbocycles. The van der Waals surface area contributed by atoms with Gasteiger partial charge in [-0.3, -0.25) is 0 Å². The van der Waals surface area contributed by atoms with Crippen LogP contribution >= 0.6 is 11.8 Å². The van der Waals surface area contributed by atoms with Gasteiger partial charge < -0.3 is 9.71 Å². The highest BCUT2D eigenvalue weighted by Gasteiger charge is 2.54. The van der Waals surface area contributed by atoms with Crippen molar-refractivity contribution in [1.82, 2.24) is 0 Å². The number of fused-ring (bicyclic) bond motifs is 9. The van der Waals surface area contributed by atoms with Crippen molar-refractivity contribution in [2.24, 2.45) is 0 Å². The van der Waals surface area contributed by atoms with Gasteiger partial charge >= 0.3 is 6.85 Å². The summed E-state index contributed by atoms with van der Waals surface area (Å²) in [5.74, 6) is 0. The Hall–Kier alpha value is -6.23. The first-order valence-corrected chi connectivity index (χ1v) is 24.4. The van der Waals surface area contributed by atoms with E-state index in [9.17, 15) is 0 Å². The third-order valence-corrected chi connectivity index (χ3v) is 17.5. The number of hydrogen-bond donors (Lipinski definition) is 0. The van der Waals surface area contributed by atoms with Gasteiger partial charge in [0.1, 0.15) is 0 Å². The van der Waals surface area contributed by atoms with Gasteiger partial charge in [0.15, 0.2) is 0 Å². The van der Waals surface area contributed by atoms with Gasteiger partial charge in [0, 0.05) is 49.2 Å². The Morgan fingerprint density at radius 2 is 1.05 bits per heavy atom. The number of para-hydroxylation sites is 2. The van der Waals surface area contributed by atoms with E-state index in [0.717, 1.165) is 0 Å². The second-order valence-corrected chi connectivity index (χ2v) is 22.2. The minimum Gasteiger partial charge on any atom is -0.376 e. The molecule has 4 heterocycles. The van der Waals surface area contributed by atoms with Crippen LogP contribution in [-0.4, -0.2) is 6.85 Å². The second kappa shape index (κ2) is 13.4. The average molecular weight is 857 g/mol. The summed E-state index contributed by atoms with van der Waals surface area (Å²) in [4.78, 5) is 8.14. The zero-order valence-corrected chi connectivity index (χ0v) is 39.3. The third-order valence-electron chi connectivity index (χ3n) is 16.3. The summed E-state index contributed by atoms with van der Waals surface area (Å²) in [5.41, 5.74) is 23.5. The van der Waals surface area contributed by atoms with Gasteiger partial charge in [0.25, 0.3) is 0 Å². The second-order valence-electron chi connectivity index (χ2n) is 21.1. The quantitative estimate of drug-likeness (QED) is 0.164. The summed E-state index contributed by atoms with van der Waals surface area (Å²) >= 11 is 1.94. The van der Waals surface area contributed by atoms with E-state index in [2.05, 4.69) is 228 Å². The van der Waals surface area contributed by atoms with Crippen LogP contribution < -0.4 is 20.6 Å². The van der Waals surface area contributed by atoms with Crippen LogP contribution in [0.4, 0.5) is 28.4 Å². The van der Waals surface area contributed by atoms with Crippen molar-refractivity contribution in [2.75, 3.05) is 9.71 Å². The van der Waals surface area contributed by atoms with Crippen molar-refractivity contribution in [3.05, 3.63) is 220 Å². The summed E-state index contributed by atoms with van der Waals surface area (Å²) in [5, 5.41) is 0. The van der Waals surface area contributed by atoms with Crippen molar-refractivity contribution in [1.29, 1.82) is 0 Å². The molecule has 13 rings (SSSR count). The minimum atomic E-state index is -0.543. The van der Waals surface area contributed by atoms with Crippen LogP contribution in [0.25, 0.3) is 11.1 Å². The van der Waals surface area contributed by atoms with Gasteiger partial charge in [0.2, 0.25) is 0 Å². The fraction of sp³-hybridized carbons (Fsp3) is 0.213. The van der Waals surface area contributed by atoms with Crippen LogP contribution in [0.2, 0.25) is 0 Å². The summed E-state index contributed by atoms with van der Waals surface area (Å²) in [7, 11) is 0. The van der Waals surface area contributed by atoms with E-state index in [4.69, 9.17) is 0 Å². The zero-order valence-electron chi connectivity index (χ0n) is 38.5. The van der Waals surface area contributed by atoms with Crippen LogP contribution in [0, 0.1) is 6.92 Å². The number of hydrogen-bond acceptors (Lipinski definition) is 3. The number of rotatable bonds is 3. The van der Waals surface area contributed by atoms with Crippen LogP contribution in [0.15, 0.2) is 180 Å². The Balaban J connectivity index is 1.16. The Kier molecular flexibility index (Phi) is 8.09. The predicted octanol–water partition coefficient (Wildman–Crippen LogP) is 14.5. The molecule has 0 saturated carbocycles. The molecule has 8 aromatic rings. The Bertz CT molecular complexity index is 3270. The van der Waals surface area contributed by atoms with Crippen LogP contribution in [0.3, 0.4) is 0 Å². The molecule has 316 valence electrons. The molecule has 0 N–H and O–H groups in total. The molecule has 0 atom stereocenters. The molecule has 5 aliphatic rings. The SMILES string of the molecule is Cc1cc2c(cc1N1c3cc4c(cc3B3c5c(cccc51)-c1cccc5c1N3c1ccccc1C5(c1ccccc1)c1ccccc1)C(C)(C)c1ccccc1S4)C(C)(C)CCC2(C)C. The predicted molar refractivity (Wildman–Crippen MR) is 275 cm³/mol. The molecule has 4 aliphatic heterocycles. The van der Waals surface area contributed by atoms with Crippen molar-refractivity contribution < 1.29 is 0 Å². The maximum absolute atomic E-state index is 2.76. The molecule has 0 radical (unpaired) electrons. The van der Waals surface area contributed by atoms with Crippen molar-refractivity contribution in [3.63, 3.8) is 0 Å². The molecule has 4 heteroatoms. The van der Waals surface area contributed by atoms with E-state index >= 15 is 0 Å². The number of anilines is 5. The van der Waals surface area contributed by atoms with Gasteiger partial charge in [0.05, 0.1) is 5.41 Å². The fourth-order valence-corrected chi connectivity index (χ4v) is 14.4. The lowest BCUT2D eigenvalue weighted by Gasteiger charge is -2.53. The fourth-order valence-electron chi connectivity index (χ4n) is 13.0. The third kappa shape index (κ3) is 5.15. The van der Waals surface area contributed by atoms with Gasteiger partial charge in [-0.25, -0.2) is 0 Å². The highest BCUT2D eigenvalue weighted by Crippen LogP contribution is 2.61. The monoisotopic (exact) mass is 856 g/mol. The molecule has 0 fully saturated rings. The van der Waals surface area contributed by atoms with Gasteiger partial charge in [-0.05, 0) is 127 Å². The molecule has 1 aliphatic carbocycles. The maximum Gasteiger partial charge on any atom is 0.333 e. The molecule has 0 spiro atoms. The number of aryl methyl sites for hydroxylation is 1. The van der Waals surface area contributed by atoms with Gasteiger partial charge in [-0.15, -0.1) is 0 Å². The lowest BCUT2D eigenvalue weighted by Crippen LogP contribution is -2.63. The van der Waals surface area contributed by atoms with Crippen LogP contribution in [-0.2, 0) is 21.7 Å². The highest BCUT2D eigenvalue weighted by atomic mass is 32.2. The molecule has 65 heavy (non-hydrogen) atoms. The number of benzene rings is 8. The van der Waals surface area contributed by atoms with Gasteiger partial charge in [-0.1, -0.05) is 193 Å². The van der Waals surface area contributed by atoms with E-state index in [1.165, 1.54) is 123 Å². The average Bonchev–Trinajstić information content (AvgIpc) is 3.32. The topological polar surface area (TPSA) is 6.48 Å². The van der Waals surface area contributed by atoms with E-state index < -0.39 is 5.41 Å². The smallest absolute Gasteiger partial charge is 0.333 e. The molecular weight excluding hydrogens is 804 g/mol. The normalized spacial score (nSPS) is 18.0. The summed E-state index contributed by atoms with van der Waals surface area (Å²) in [6.45, 7) is 17.0. The maximum atomic E-state index is 2.76. The van der Waals surface area contributed by atoms with Gasteiger partial charge in [-0.2, -0.15) is 0 Å². The molecule has 2 nitrogen and oxygen atoms in total. The van der Waals surface area contributed by atoms with E-state index in [1.807, 2.05) is 11.8 Å². The molecule has 0 saturated heterocycles. The molecule has 0 unspecified atom stereocenters. The molecule has 0 bridgehead atoms. The van der Waals surface area contributed by atoms with E-state index in [0.29, 0.717) is 0 Å². The summed E-state index contributed by atoms with van der Waals surface area (Å²) in [6, 6.07) is 65.6. The first-order chi connectivity index (χ1) is 31.4. The lowest BCUT2D eigenvalue weighted by molar-refractivity contribution is 0.332. The zero-order chi connectivity index (χ0) is 44.2. The van der Waals surface area contributed by atoms with E-state index in [-0.39, 0.29) is 23.1 Å². The largest absolute Gasteiger partial charge is 0.376 e. The van der Waals surface area contributed by atoms with Crippen molar-refractivity contribution >= 4 is 58.0 Å². The highest BCUT2D eigenvalue weighted by molar-refractivity contribution is 7.99. The molecule has 0 amide bonds. The van der Waals surface area contributed by atoms with Crippen LogP contribution in [0.1, 0.15) is 104 Å². The lowest BCUT2D eigenvalue weighted by atomic mass is 9.42. The standard InChI is InChI=1S/C61H53BN2S/c1-38-34-46-47(59(4,5)33-32-58(46,2)3)36-52(38)63-51-30-19-24-41-42-25-18-28-45-57(42)64(50-29-16-14-26-43(50)61(45,39-20-10-8-11-21-39)40-22-12-9-13-23-40)62(56(41)51)49-35-48-55(37-53(49)63)65-54-31-17-15-27-44(54)60(48,6)7/h8-31,34-37H,32-33H2,1-7H3. The Morgan fingerprint density at radius 1 is 0.462 bits per heavy atom. The van der Waals surface area contributed by atoms with Crippen LogP contribution in [0.5, 0.6) is 0 Å². The van der Waals surface area contributed by atoms with Crippen molar-refractivity contribution in [2.45, 2.75) is 92.8 Å².